The third-order valence-electron chi connectivity index (χ3n) is 3.75. The van der Waals surface area contributed by atoms with Crippen LogP contribution in [-0.2, 0) is 12.4 Å². The van der Waals surface area contributed by atoms with Crippen LogP contribution in [0.15, 0.2) is 47.6 Å². The molecule has 0 spiro atoms. The summed E-state index contributed by atoms with van der Waals surface area (Å²) in [6.45, 7) is 4.30. The Hall–Kier alpha value is -2.18. The number of hydrogen-bond donors (Lipinski definition) is 1. The van der Waals surface area contributed by atoms with E-state index in [0.29, 0.717) is 16.7 Å². The van der Waals surface area contributed by atoms with Gasteiger partial charge in [-0.3, -0.25) is 0 Å². The van der Waals surface area contributed by atoms with Crippen LogP contribution < -0.4 is 10.6 Å². The number of hydrogen-bond acceptors (Lipinski definition) is 5. The number of nitrogens with zero attached hydrogens (tertiary/aromatic N) is 3. The standard InChI is InChI=1S/C18H19ClN4OS/c1-12-5-3-6-13(2)17(12)24-10-16-21-22-18(23(16)20)25-11-14-7-4-8-15(19)9-14/h3-9H,10-11,20H2,1-2H3. The Bertz CT molecular complexity index is 861. The van der Waals surface area contributed by atoms with E-state index in [1.54, 1.807) is 0 Å². The average molecular weight is 375 g/mol. The van der Waals surface area contributed by atoms with Crippen LogP contribution in [0.1, 0.15) is 22.5 Å². The molecular weight excluding hydrogens is 356 g/mol. The largest absolute Gasteiger partial charge is 0.485 e. The fraction of sp³-hybridized carbons (Fsp3) is 0.222. The number of nitrogen functional groups attached to an aromatic ring is 1. The Balaban J connectivity index is 1.65. The van der Waals surface area contributed by atoms with Crippen LogP contribution >= 0.6 is 23.4 Å². The molecule has 0 aliphatic carbocycles. The highest BCUT2D eigenvalue weighted by atomic mass is 35.5. The van der Waals surface area contributed by atoms with Gasteiger partial charge in [-0.05, 0) is 42.7 Å². The summed E-state index contributed by atoms with van der Waals surface area (Å²) in [7, 11) is 0. The number of nitrogens with two attached hydrogens (primary N) is 1. The second-order valence-corrected chi connectivity index (χ2v) is 7.08. The zero-order valence-electron chi connectivity index (χ0n) is 14.1. The monoisotopic (exact) mass is 374 g/mol. The van der Waals surface area contributed by atoms with Crippen molar-refractivity contribution in [2.45, 2.75) is 31.4 Å². The molecule has 0 saturated carbocycles. The van der Waals surface area contributed by atoms with Crippen LogP contribution in [0.2, 0.25) is 5.02 Å². The first-order valence-electron chi connectivity index (χ1n) is 7.80. The van der Waals surface area contributed by atoms with E-state index in [1.807, 2.05) is 56.3 Å². The van der Waals surface area contributed by atoms with Crippen molar-refractivity contribution in [3.05, 3.63) is 70.0 Å². The minimum absolute atomic E-state index is 0.271. The predicted molar refractivity (Wildman–Crippen MR) is 101 cm³/mol. The first-order valence-corrected chi connectivity index (χ1v) is 9.16. The second-order valence-electron chi connectivity index (χ2n) is 5.70. The minimum Gasteiger partial charge on any atom is -0.485 e. The van der Waals surface area contributed by atoms with Crippen molar-refractivity contribution in [3.63, 3.8) is 0 Å². The lowest BCUT2D eigenvalue weighted by Gasteiger charge is -2.11. The summed E-state index contributed by atoms with van der Waals surface area (Å²) < 4.78 is 7.37. The van der Waals surface area contributed by atoms with E-state index in [2.05, 4.69) is 10.2 Å². The highest BCUT2D eigenvalue weighted by Crippen LogP contribution is 2.25. The topological polar surface area (TPSA) is 66.0 Å². The Labute approximate surface area is 156 Å². The summed E-state index contributed by atoms with van der Waals surface area (Å²) in [5.74, 6) is 8.26. The first kappa shape index (κ1) is 17.6. The quantitative estimate of drug-likeness (QED) is 0.519. The molecule has 0 atom stereocenters. The van der Waals surface area contributed by atoms with Crippen LogP contribution in [0.25, 0.3) is 0 Å². The van der Waals surface area contributed by atoms with Gasteiger partial charge in [0.25, 0.3) is 0 Å². The zero-order valence-corrected chi connectivity index (χ0v) is 15.6. The van der Waals surface area contributed by atoms with E-state index < -0.39 is 0 Å². The molecular formula is C18H19ClN4OS. The number of para-hydroxylation sites is 1. The van der Waals surface area contributed by atoms with E-state index in [9.17, 15) is 0 Å². The van der Waals surface area contributed by atoms with Gasteiger partial charge in [-0.25, -0.2) is 4.68 Å². The van der Waals surface area contributed by atoms with Gasteiger partial charge in [-0.1, -0.05) is 53.7 Å². The van der Waals surface area contributed by atoms with Gasteiger partial charge >= 0.3 is 0 Å². The maximum absolute atomic E-state index is 6.10. The van der Waals surface area contributed by atoms with E-state index in [-0.39, 0.29) is 6.61 Å². The average Bonchev–Trinajstić information content (AvgIpc) is 2.93. The van der Waals surface area contributed by atoms with Gasteiger partial charge in [-0.15, -0.1) is 10.2 Å². The van der Waals surface area contributed by atoms with E-state index in [0.717, 1.165) is 27.5 Å². The van der Waals surface area contributed by atoms with Gasteiger partial charge in [0.1, 0.15) is 12.4 Å². The van der Waals surface area contributed by atoms with E-state index in [1.165, 1.54) is 16.4 Å². The SMILES string of the molecule is Cc1cccc(C)c1OCc1nnc(SCc2cccc(Cl)c2)n1N. The number of thioether (sulfide) groups is 1. The first-order chi connectivity index (χ1) is 12.0. The van der Waals surface area contributed by atoms with Crippen molar-refractivity contribution in [2.24, 2.45) is 0 Å². The zero-order chi connectivity index (χ0) is 17.8. The molecule has 130 valence electrons. The third kappa shape index (κ3) is 4.27. The van der Waals surface area contributed by atoms with Crippen molar-refractivity contribution < 1.29 is 4.74 Å². The van der Waals surface area contributed by atoms with E-state index >= 15 is 0 Å². The highest BCUT2D eigenvalue weighted by Gasteiger charge is 2.12. The minimum atomic E-state index is 0.271. The molecule has 0 amide bonds. The van der Waals surface area contributed by atoms with Gasteiger partial charge < -0.3 is 10.6 Å². The lowest BCUT2D eigenvalue weighted by molar-refractivity contribution is 0.288. The number of aromatic nitrogens is 3. The van der Waals surface area contributed by atoms with Crippen molar-refractivity contribution >= 4 is 23.4 Å². The molecule has 2 N–H and O–H groups in total. The van der Waals surface area contributed by atoms with Crippen molar-refractivity contribution in [3.8, 4) is 5.75 Å². The van der Waals surface area contributed by atoms with Gasteiger partial charge in [0.2, 0.25) is 5.16 Å². The maximum atomic E-state index is 6.10. The molecule has 1 heterocycles. The number of benzene rings is 2. The molecule has 0 saturated heterocycles. The smallest absolute Gasteiger partial charge is 0.210 e. The van der Waals surface area contributed by atoms with Crippen molar-refractivity contribution in [1.82, 2.24) is 14.9 Å². The van der Waals surface area contributed by atoms with Crippen LogP contribution in [0.5, 0.6) is 5.75 Å². The summed E-state index contributed by atoms with van der Waals surface area (Å²) in [4.78, 5) is 0. The molecule has 0 fully saturated rings. The normalized spacial score (nSPS) is 10.8. The molecule has 3 aromatic rings. The van der Waals surface area contributed by atoms with Crippen LogP contribution in [-0.4, -0.2) is 14.9 Å². The summed E-state index contributed by atoms with van der Waals surface area (Å²) in [6.07, 6.45) is 0. The highest BCUT2D eigenvalue weighted by molar-refractivity contribution is 7.98. The molecule has 0 aliphatic heterocycles. The fourth-order valence-corrected chi connectivity index (χ4v) is 3.47. The lowest BCUT2D eigenvalue weighted by atomic mass is 10.1. The third-order valence-corrected chi connectivity index (χ3v) is 5.00. The van der Waals surface area contributed by atoms with Crippen molar-refractivity contribution in [2.75, 3.05) is 5.84 Å². The van der Waals surface area contributed by atoms with Gasteiger partial charge in [-0.2, -0.15) is 0 Å². The van der Waals surface area contributed by atoms with Gasteiger partial charge in [0.05, 0.1) is 0 Å². The molecule has 0 aliphatic rings. The Morgan fingerprint density at radius 1 is 1.12 bits per heavy atom. The molecule has 3 rings (SSSR count). The van der Waals surface area contributed by atoms with Crippen LogP contribution in [0, 0.1) is 13.8 Å². The fourth-order valence-electron chi connectivity index (χ4n) is 2.44. The maximum Gasteiger partial charge on any atom is 0.210 e. The number of halogens is 1. The summed E-state index contributed by atoms with van der Waals surface area (Å²) >= 11 is 7.51. The number of aryl methyl sites for hydroxylation is 2. The molecule has 1 aromatic heterocycles. The van der Waals surface area contributed by atoms with Crippen LogP contribution in [0.3, 0.4) is 0 Å². The number of ether oxygens (including phenoxy) is 1. The lowest BCUT2D eigenvalue weighted by Crippen LogP contribution is -2.16. The van der Waals surface area contributed by atoms with Crippen molar-refractivity contribution in [1.29, 1.82) is 0 Å². The Morgan fingerprint density at radius 2 is 1.84 bits per heavy atom. The van der Waals surface area contributed by atoms with Gasteiger partial charge in [0.15, 0.2) is 5.82 Å². The Morgan fingerprint density at radius 3 is 2.56 bits per heavy atom. The predicted octanol–water partition coefficient (Wildman–Crippen LogP) is 4.13. The summed E-state index contributed by atoms with van der Waals surface area (Å²) in [6, 6.07) is 13.8. The van der Waals surface area contributed by atoms with Crippen LogP contribution in [0.4, 0.5) is 0 Å². The molecule has 0 unspecified atom stereocenters. The second kappa shape index (κ2) is 7.80. The van der Waals surface area contributed by atoms with E-state index in [4.69, 9.17) is 22.2 Å². The molecule has 5 nitrogen and oxygen atoms in total. The molecule has 2 aromatic carbocycles. The molecule has 7 heteroatoms. The van der Waals surface area contributed by atoms with Gasteiger partial charge in [0, 0.05) is 10.8 Å². The Kier molecular flexibility index (Phi) is 5.50. The summed E-state index contributed by atoms with van der Waals surface area (Å²) in [5, 5.41) is 9.64. The molecule has 0 bridgehead atoms. The molecule has 25 heavy (non-hydrogen) atoms. The molecule has 0 radical (unpaired) electrons. The summed E-state index contributed by atoms with van der Waals surface area (Å²) in [5.41, 5.74) is 3.27. The number of rotatable bonds is 6.